The third kappa shape index (κ3) is 2.39. The summed E-state index contributed by atoms with van der Waals surface area (Å²) in [6, 6.07) is 5.87. The van der Waals surface area contributed by atoms with E-state index >= 15 is 0 Å². The Morgan fingerprint density at radius 1 is 1.00 bits per heavy atom. The average molecular weight is 259 g/mol. The number of carbonyl (C=O) groups excluding carboxylic acids is 1. The zero-order valence-corrected chi connectivity index (χ0v) is 11.3. The van der Waals surface area contributed by atoms with E-state index in [1.54, 1.807) is 0 Å². The summed E-state index contributed by atoms with van der Waals surface area (Å²) in [6.45, 7) is 3.90. The van der Waals surface area contributed by atoms with E-state index in [0.29, 0.717) is 11.3 Å². The van der Waals surface area contributed by atoms with Gasteiger partial charge in [0.1, 0.15) is 0 Å². The van der Waals surface area contributed by atoms with Crippen molar-refractivity contribution in [2.45, 2.75) is 25.7 Å². The van der Waals surface area contributed by atoms with Crippen molar-refractivity contribution < 1.29 is 4.79 Å². The van der Waals surface area contributed by atoms with E-state index in [9.17, 15) is 4.79 Å². The highest BCUT2D eigenvalue weighted by Crippen LogP contribution is 2.26. The van der Waals surface area contributed by atoms with Gasteiger partial charge in [0.05, 0.1) is 5.56 Å². The third-order valence-electron chi connectivity index (χ3n) is 4.13. The predicted molar refractivity (Wildman–Crippen MR) is 77.4 cm³/mol. The Kier molecular flexibility index (Phi) is 3.32. The van der Waals surface area contributed by atoms with Crippen molar-refractivity contribution in [2.24, 2.45) is 0 Å². The van der Waals surface area contributed by atoms with E-state index in [4.69, 9.17) is 5.73 Å². The van der Waals surface area contributed by atoms with Crippen LogP contribution in [0.5, 0.6) is 0 Å². The number of benzene rings is 1. The van der Waals surface area contributed by atoms with Gasteiger partial charge in [0.15, 0.2) is 0 Å². The minimum atomic E-state index is 0.0936. The maximum atomic E-state index is 12.5. The first-order valence-electron chi connectivity index (χ1n) is 7.19. The van der Waals surface area contributed by atoms with Crippen LogP contribution in [-0.4, -0.2) is 37.0 Å². The molecule has 0 spiro atoms. The molecule has 0 aliphatic carbocycles. The summed E-state index contributed by atoms with van der Waals surface area (Å²) in [5.74, 6) is 0.0936. The van der Waals surface area contributed by atoms with Crippen LogP contribution in [0, 0.1) is 0 Å². The fourth-order valence-electron chi connectivity index (χ4n) is 2.99. The molecule has 0 aromatic heterocycles. The van der Waals surface area contributed by atoms with Crippen molar-refractivity contribution >= 4 is 17.3 Å². The van der Waals surface area contributed by atoms with Crippen LogP contribution in [0.3, 0.4) is 0 Å². The largest absolute Gasteiger partial charge is 0.398 e. The number of amides is 1. The molecule has 4 nitrogen and oxygen atoms in total. The van der Waals surface area contributed by atoms with Crippen LogP contribution >= 0.6 is 0 Å². The van der Waals surface area contributed by atoms with Crippen LogP contribution in [0.2, 0.25) is 0 Å². The zero-order valence-electron chi connectivity index (χ0n) is 11.3. The van der Waals surface area contributed by atoms with Crippen molar-refractivity contribution in [3.05, 3.63) is 23.8 Å². The van der Waals surface area contributed by atoms with Crippen LogP contribution < -0.4 is 10.6 Å². The lowest BCUT2D eigenvalue weighted by atomic mass is 10.1. The van der Waals surface area contributed by atoms with Crippen LogP contribution in [0.4, 0.5) is 11.4 Å². The number of carbonyl (C=O) groups is 1. The first-order valence-corrected chi connectivity index (χ1v) is 7.19. The summed E-state index contributed by atoms with van der Waals surface area (Å²) in [4.78, 5) is 16.7. The van der Waals surface area contributed by atoms with Crippen LogP contribution in [0.1, 0.15) is 36.0 Å². The number of nitrogen functional groups attached to an aromatic ring is 1. The monoisotopic (exact) mass is 259 g/mol. The molecule has 0 saturated carbocycles. The molecule has 0 bridgehead atoms. The summed E-state index contributed by atoms with van der Waals surface area (Å²) in [6.07, 6.45) is 4.69. The summed E-state index contributed by atoms with van der Waals surface area (Å²) >= 11 is 0. The molecule has 2 heterocycles. The molecular formula is C15H21N3O. The number of hydrogen-bond acceptors (Lipinski definition) is 3. The third-order valence-corrected chi connectivity index (χ3v) is 4.13. The molecule has 0 unspecified atom stereocenters. The Morgan fingerprint density at radius 2 is 1.63 bits per heavy atom. The zero-order chi connectivity index (χ0) is 13.2. The molecule has 3 rings (SSSR count). The molecule has 0 atom stereocenters. The second-order valence-electron chi connectivity index (χ2n) is 5.47. The molecule has 19 heavy (non-hydrogen) atoms. The fourth-order valence-corrected chi connectivity index (χ4v) is 2.99. The number of likely N-dealkylation sites (tertiary alicyclic amines) is 1. The molecule has 2 aliphatic rings. The van der Waals surface area contributed by atoms with Crippen LogP contribution in [0.25, 0.3) is 0 Å². The summed E-state index contributed by atoms with van der Waals surface area (Å²) in [7, 11) is 0. The van der Waals surface area contributed by atoms with Gasteiger partial charge in [-0.2, -0.15) is 0 Å². The number of nitrogens with zero attached hydrogens (tertiary/aromatic N) is 2. The van der Waals surface area contributed by atoms with Gasteiger partial charge < -0.3 is 15.5 Å². The topological polar surface area (TPSA) is 49.6 Å². The van der Waals surface area contributed by atoms with Gasteiger partial charge in [0.25, 0.3) is 5.91 Å². The van der Waals surface area contributed by atoms with Gasteiger partial charge in [-0.3, -0.25) is 4.79 Å². The molecule has 4 heteroatoms. The molecule has 102 valence electrons. The van der Waals surface area contributed by atoms with Crippen molar-refractivity contribution in [1.82, 2.24) is 4.90 Å². The lowest BCUT2D eigenvalue weighted by Gasteiger charge is -2.21. The van der Waals surface area contributed by atoms with Gasteiger partial charge in [-0.05, 0) is 43.9 Å². The molecule has 2 aliphatic heterocycles. The highest BCUT2D eigenvalue weighted by molar-refractivity contribution is 6.00. The van der Waals surface area contributed by atoms with Crippen LogP contribution in [-0.2, 0) is 0 Å². The van der Waals surface area contributed by atoms with Gasteiger partial charge in [0, 0.05) is 37.6 Å². The SMILES string of the molecule is Nc1ccc(N2CCCC2)cc1C(=O)N1CCCC1. The Morgan fingerprint density at radius 3 is 2.32 bits per heavy atom. The Hall–Kier alpha value is -1.71. The van der Waals surface area contributed by atoms with E-state index in [1.165, 1.54) is 12.8 Å². The van der Waals surface area contributed by atoms with Crippen molar-refractivity contribution in [1.29, 1.82) is 0 Å². The predicted octanol–water partition coefficient (Wildman–Crippen LogP) is 2.10. The van der Waals surface area contributed by atoms with Gasteiger partial charge in [-0.15, -0.1) is 0 Å². The number of anilines is 2. The lowest BCUT2D eigenvalue weighted by molar-refractivity contribution is 0.0794. The highest BCUT2D eigenvalue weighted by Gasteiger charge is 2.22. The van der Waals surface area contributed by atoms with Crippen LogP contribution in [0.15, 0.2) is 18.2 Å². The quantitative estimate of drug-likeness (QED) is 0.828. The van der Waals surface area contributed by atoms with Gasteiger partial charge >= 0.3 is 0 Å². The molecule has 2 saturated heterocycles. The van der Waals surface area contributed by atoms with Crippen molar-refractivity contribution in [3.8, 4) is 0 Å². The summed E-state index contributed by atoms with van der Waals surface area (Å²) in [5, 5.41) is 0. The fraction of sp³-hybridized carbons (Fsp3) is 0.533. The molecule has 2 N–H and O–H groups in total. The first-order chi connectivity index (χ1) is 9.25. The molecule has 2 fully saturated rings. The standard InChI is InChI=1S/C15H21N3O/c16-14-6-5-12(17-7-1-2-8-17)11-13(14)15(19)18-9-3-4-10-18/h5-6,11H,1-4,7-10,16H2. The maximum Gasteiger partial charge on any atom is 0.256 e. The van der Waals surface area contributed by atoms with E-state index in [0.717, 1.165) is 44.7 Å². The van der Waals surface area contributed by atoms with E-state index in [1.807, 2.05) is 23.1 Å². The van der Waals surface area contributed by atoms with Gasteiger partial charge in [-0.25, -0.2) is 0 Å². The van der Waals surface area contributed by atoms with E-state index in [2.05, 4.69) is 4.90 Å². The Bertz CT molecular complexity index is 474. The Balaban J connectivity index is 1.86. The summed E-state index contributed by atoms with van der Waals surface area (Å²) in [5.41, 5.74) is 8.39. The average Bonchev–Trinajstić information content (AvgIpc) is 3.11. The second kappa shape index (κ2) is 5.11. The highest BCUT2D eigenvalue weighted by atomic mass is 16.2. The lowest BCUT2D eigenvalue weighted by Crippen LogP contribution is -2.28. The first kappa shape index (κ1) is 12.3. The minimum Gasteiger partial charge on any atom is -0.398 e. The smallest absolute Gasteiger partial charge is 0.256 e. The number of rotatable bonds is 2. The molecule has 1 amide bonds. The van der Waals surface area contributed by atoms with Crippen molar-refractivity contribution in [2.75, 3.05) is 36.8 Å². The van der Waals surface area contributed by atoms with Crippen molar-refractivity contribution in [3.63, 3.8) is 0 Å². The van der Waals surface area contributed by atoms with E-state index in [-0.39, 0.29) is 5.91 Å². The Labute approximate surface area is 114 Å². The van der Waals surface area contributed by atoms with E-state index < -0.39 is 0 Å². The molecule has 1 aromatic rings. The second-order valence-corrected chi connectivity index (χ2v) is 5.47. The molecule has 0 radical (unpaired) electrons. The van der Waals surface area contributed by atoms with Gasteiger partial charge in [-0.1, -0.05) is 0 Å². The summed E-state index contributed by atoms with van der Waals surface area (Å²) < 4.78 is 0. The number of hydrogen-bond donors (Lipinski definition) is 1. The minimum absolute atomic E-state index is 0.0936. The molecular weight excluding hydrogens is 238 g/mol. The molecule has 1 aromatic carbocycles. The normalized spacial score (nSPS) is 19.2. The number of nitrogens with two attached hydrogens (primary N) is 1. The maximum absolute atomic E-state index is 12.5. The van der Waals surface area contributed by atoms with Gasteiger partial charge in [0.2, 0.25) is 0 Å².